The predicted molar refractivity (Wildman–Crippen MR) is 79.0 cm³/mol. The van der Waals surface area contributed by atoms with Crippen molar-refractivity contribution in [2.24, 2.45) is 0 Å². The van der Waals surface area contributed by atoms with E-state index in [0.29, 0.717) is 11.3 Å². The van der Waals surface area contributed by atoms with Crippen LogP contribution in [0.3, 0.4) is 0 Å². The van der Waals surface area contributed by atoms with Crippen molar-refractivity contribution in [1.29, 1.82) is 0 Å². The van der Waals surface area contributed by atoms with Crippen LogP contribution < -0.4 is 5.73 Å². The van der Waals surface area contributed by atoms with Gasteiger partial charge in [0.25, 0.3) is 0 Å². The number of hydrogen-bond donors (Lipinski definition) is 1. The molecule has 20 heavy (non-hydrogen) atoms. The third-order valence-electron chi connectivity index (χ3n) is 3.56. The van der Waals surface area contributed by atoms with Gasteiger partial charge < -0.3 is 10.3 Å². The maximum Gasteiger partial charge on any atom is 0.230 e. The van der Waals surface area contributed by atoms with Crippen LogP contribution in [0.2, 0.25) is 0 Å². The van der Waals surface area contributed by atoms with Gasteiger partial charge in [0, 0.05) is 6.26 Å². The molecule has 0 saturated carbocycles. The summed E-state index contributed by atoms with van der Waals surface area (Å²) in [5.41, 5.74) is 8.60. The highest BCUT2D eigenvalue weighted by Gasteiger charge is 2.39. The van der Waals surface area contributed by atoms with Gasteiger partial charge in [0.1, 0.15) is 10.4 Å². The molecule has 2 aromatic rings. The first-order chi connectivity index (χ1) is 9.14. The zero-order chi connectivity index (χ0) is 15.1. The summed E-state index contributed by atoms with van der Waals surface area (Å²) in [6.07, 6.45) is 1.18. The molecule has 0 aliphatic rings. The second-order valence-corrected chi connectivity index (χ2v) is 7.98. The van der Waals surface area contributed by atoms with Crippen molar-refractivity contribution in [1.82, 2.24) is 5.16 Å². The molecule has 0 saturated heterocycles. The molecule has 0 amide bonds. The summed E-state index contributed by atoms with van der Waals surface area (Å²) in [5.74, 6) is 0.126. The fourth-order valence-corrected chi connectivity index (χ4v) is 2.38. The van der Waals surface area contributed by atoms with Gasteiger partial charge >= 0.3 is 0 Å². The molecule has 108 valence electrons. The molecule has 0 atom stereocenters. The van der Waals surface area contributed by atoms with Gasteiger partial charge in [0.15, 0.2) is 9.84 Å². The van der Waals surface area contributed by atoms with Crippen molar-refractivity contribution >= 4 is 15.7 Å². The van der Waals surface area contributed by atoms with E-state index in [1.54, 1.807) is 13.8 Å². The molecule has 6 heteroatoms. The van der Waals surface area contributed by atoms with Crippen LogP contribution in [0.1, 0.15) is 25.1 Å². The van der Waals surface area contributed by atoms with Crippen molar-refractivity contribution < 1.29 is 12.9 Å². The highest BCUT2D eigenvalue weighted by Crippen LogP contribution is 2.39. The van der Waals surface area contributed by atoms with E-state index in [1.807, 2.05) is 31.2 Å². The fourth-order valence-electron chi connectivity index (χ4n) is 1.89. The minimum Gasteiger partial charge on any atom is -0.367 e. The SMILES string of the molecule is Cc1ccc(-c2c(C(C)(C)S(C)(=O)=O)noc2N)cc1. The minimum absolute atomic E-state index is 0.126. The topological polar surface area (TPSA) is 86.2 Å². The first-order valence-electron chi connectivity index (χ1n) is 6.17. The van der Waals surface area contributed by atoms with Gasteiger partial charge in [-0.1, -0.05) is 35.0 Å². The molecule has 1 aromatic carbocycles. The molecule has 5 nitrogen and oxygen atoms in total. The number of benzene rings is 1. The number of rotatable bonds is 3. The van der Waals surface area contributed by atoms with Gasteiger partial charge in [-0.05, 0) is 26.3 Å². The Hall–Kier alpha value is -1.82. The van der Waals surface area contributed by atoms with Crippen molar-refractivity contribution in [3.05, 3.63) is 35.5 Å². The molecule has 0 radical (unpaired) electrons. The number of hydrogen-bond acceptors (Lipinski definition) is 5. The number of aromatic nitrogens is 1. The molecule has 0 fully saturated rings. The number of nitrogens with zero attached hydrogens (tertiary/aromatic N) is 1. The lowest BCUT2D eigenvalue weighted by Gasteiger charge is -2.21. The fraction of sp³-hybridized carbons (Fsp3) is 0.357. The monoisotopic (exact) mass is 294 g/mol. The van der Waals surface area contributed by atoms with E-state index in [-0.39, 0.29) is 5.88 Å². The van der Waals surface area contributed by atoms with Crippen molar-refractivity contribution in [2.45, 2.75) is 25.5 Å². The second-order valence-electron chi connectivity index (χ2n) is 5.42. The van der Waals surface area contributed by atoms with Crippen LogP contribution >= 0.6 is 0 Å². The Morgan fingerprint density at radius 2 is 1.75 bits per heavy atom. The normalized spacial score (nSPS) is 12.6. The van der Waals surface area contributed by atoms with Crippen LogP contribution in [-0.4, -0.2) is 19.8 Å². The van der Waals surface area contributed by atoms with Gasteiger partial charge in [-0.3, -0.25) is 0 Å². The minimum atomic E-state index is -3.36. The summed E-state index contributed by atoms with van der Waals surface area (Å²) in [6.45, 7) is 5.16. The van der Waals surface area contributed by atoms with Crippen molar-refractivity contribution in [3.63, 3.8) is 0 Å². The Labute approximate surface area is 118 Å². The molecule has 0 unspecified atom stereocenters. The Morgan fingerprint density at radius 3 is 2.25 bits per heavy atom. The molecular formula is C14H18N2O3S. The zero-order valence-corrected chi connectivity index (χ0v) is 12.8. The van der Waals surface area contributed by atoms with Gasteiger partial charge in [-0.15, -0.1) is 0 Å². The predicted octanol–water partition coefficient (Wildman–Crippen LogP) is 2.51. The first kappa shape index (κ1) is 14.6. The van der Waals surface area contributed by atoms with E-state index in [2.05, 4.69) is 5.16 Å². The van der Waals surface area contributed by atoms with E-state index in [4.69, 9.17) is 10.3 Å². The number of aryl methyl sites for hydroxylation is 1. The largest absolute Gasteiger partial charge is 0.367 e. The Kier molecular flexibility index (Phi) is 3.37. The Morgan fingerprint density at radius 1 is 1.20 bits per heavy atom. The van der Waals surface area contributed by atoms with Gasteiger partial charge in [0.2, 0.25) is 5.88 Å². The maximum atomic E-state index is 12.0. The standard InChI is InChI=1S/C14H18N2O3S/c1-9-5-7-10(8-6-9)11-12(16-19-13(11)15)14(2,3)20(4,17)18/h5-8H,15H2,1-4H3. The molecule has 0 aliphatic heterocycles. The van der Waals surface area contributed by atoms with E-state index < -0.39 is 14.6 Å². The number of sulfone groups is 1. The molecule has 1 heterocycles. The lowest BCUT2D eigenvalue weighted by atomic mass is 9.98. The zero-order valence-electron chi connectivity index (χ0n) is 12.0. The summed E-state index contributed by atoms with van der Waals surface area (Å²) in [5, 5.41) is 3.87. The molecular weight excluding hydrogens is 276 g/mol. The summed E-state index contributed by atoms with van der Waals surface area (Å²) >= 11 is 0. The van der Waals surface area contributed by atoms with Crippen LogP contribution in [0.4, 0.5) is 5.88 Å². The van der Waals surface area contributed by atoms with Crippen molar-refractivity contribution in [2.75, 3.05) is 12.0 Å². The molecule has 0 bridgehead atoms. The van der Waals surface area contributed by atoms with Crippen LogP contribution in [0.15, 0.2) is 28.8 Å². The lowest BCUT2D eigenvalue weighted by Crippen LogP contribution is -2.29. The van der Waals surface area contributed by atoms with Crippen LogP contribution in [-0.2, 0) is 14.6 Å². The summed E-state index contributed by atoms with van der Waals surface area (Å²) in [6, 6.07) is 7.61. The van der Waals surface area contributed by atoms with Gasteiger partial charge in [-0.2, -0.15) is 0 Å². The number of nitrogen functional groups attached to an aromatic ring is 1. The number of nitrogens with two attached hydrogens (primary N) is 1. The lowest BCUT2D eigenvalue weighted by molar-refractivity contribution is 0.417. The van der Waals surface area contributed by atoms with Gasteiger partial charge in [0.05, 0.1) is 5.56 Å². The molecule has 2 N–H and O–H groups in total. The quantitative estimate of drug-likeness (QED) is 0.940. The van der Waals surface area contributed by atoms with Crippen LogP contribution in [0, 0.1) is 6.92 Å². The number of anilines is 1. The average molecular weight is 294 g/mol. The smallest absolute Gasteiger partial charge is 0.230 e. The summed E-state index contributed by atoms with van der Waals surface area (Å²) in [4.78, 5) is 0. The third-order valence-corrected chi connectivity index (χ3v) is 5.60. The first-order valence-corrected chi connectivity index (χ1v) is 8.06. The Bertz CT molecular complexity index is 728. The Balaban J connectivity index is 2.68. The molecule has 1 aromatic heterocycles. The van der Waals surface area contributed by atoms with E-state index >= 15 is 0 Å². The van der Waals surface area contributed by atoms with E-state index in [0.717, 1.165) is 11.1 Å². The highest BCUT2D eigenvalue weighted by molar-refractivity contribution is 7.91. The van der Waals surface area contributed by atoms with E-state index in [9.17, 15) is 8.42 Å². The molecule has 0 aliphatic carbocycles. The van der Waals surface area contributed by atoms with Crippen LogP contribution in [0.5, 0.6) is 0 Å². The van der Waals surface area contributed by atoms with Gasteiger partial charge in [-0.25, -0.2) is 8.42 Å². The second kappa shape index (κ2) is 4.63. The average Bonchev–Trinajstić information content (AvgIpc) is 2.71. The van der Waals surface area contributed by atoms with Crippen molar-refractivity contribution in [3.8, 4) is 11.1 Å². The molecule has 0 spiro atoms. The summed E-state index contributed by atoms with van der Waals surface area (Å²) in [7, 11) is -3.36. The van der Waals surface area contributed by atoms with Crippen LogP contribution in [0.25, 0.3) is 11.1 Å². The highest BCUT2D eigenvalue weighted by atomic mass is 32.2. The maximum absolute atomic E-state index is 12.0. The van der Waals surface area contributed by atoms with E-state index in [1.165, 1.54) is 6.26 Å². The summed E-state index contributed by atoms with van der Waals surface area (Å²) < 4.78 is 27.8. The third kappa shape index (κ3) is 2.31. The molecule has 2 rings (SSSR count).